The normalized spacial score (nSPS) is 17.6. The molecule has 9 nitrogen and oxygen atoms in total. The van der Waals surface area contributed by atoms with E-state index in [0.29, 0.717) is 17.0 Å². The van der Waals surface area contributed by atoms with Crippen molar-refractivity contribution in [2.24, 2.45) is 4.99 Å². The molecule has 1 spiro atoms. The average Bonchev–Trinajstić information content (AvgIpc) is 3.18. The Kier molecular flexibility index (Phi) is 7.20. The fraction of sp³-hybridized carbons (Fsp3) is 0.346. The van der Waals surface area contributed by atoms with Gasteiger partial charge in [-0.1, -0.05) is 12.1 Å². The van der Waals surface area contributed by atoms with Crippen LogP contribution >= 0.6 is 0 Å². The van der Waals surface area contributed by atoms with Crippen molar-refractivity contribution in [1.29, 1.82) is 0 Å². The van der Waals surface area contributed by atoms with E-state index in [4.69, 9.17) is 0 Å². The Labute approximate surface area is 215 Å². The Balaban J connectivity index is 1.49. The number of rotatable bonds is 6. The molecule has 2 aromatic rings. The molecule has 2 aliphatic rings. The van der Waals surface area contributed by atoms with Gasteiger partial charge in [-0.05, 0) is 73.7 Å². The predicted molar refractivity (Wildman–Crippen MR) is 138 cm³/mol. The fourth-order valence-corrected chi connectivity index (χ4v) is 5.83. The zero-order chi connectivity index (χ0) is 27.0. The number of benzene rings is 2. The van der Waals surface area contributed by atoms with Gasteiger partial charge in [-0.3, -0.25) is 19.5 Å². The van der Waals surface area contributed by atoms with Gasteiger partial charge in [0.15, 0.2) is 5.75 Å². The highest BCUT2D eigenvalue weighted by atomic mass is 32.2. The van der Waals surface area contributed by atoms with Crippen molar-refractivity contribution in [1.82, 2.24) is 14.5 Å². The summed E-state index contributed by atoms with van der Waals surface area (Å²) < 4.78 is 40.0. The number of nitrogens with one attached hydrogen (secondary N) is 1. The molecule has 0 saturated carbocycles. The number of hydrogen-bond acceptors (Lipinski definition) is 6. The zero-order valence-electron chi connectivity index (χ0n) is 21.1. The van der Waals surface area contributed by atoms with Gasteiger partial charge in [0.2, 0.25) is 10.0 Å². The van der Waals surface area contributed by atoms with Crippen LogP contribution in [0.5, 0.6) is 5.75 Å². The van der Waals surface area contributed by atoms with Crippen LogP contribution in [0.4, 0.5) is 4.53 Å². The van der Waals surface area contributed by atoms with Gasteiger partial charge in [0.25, 0.3) is 11.8 Å². The lowest BCUT2D eigenvalue weighted by Gasteiger charge is -2.34. The lowest BCUT2D eigenvalue weighted by molar-refractivity contribution is -0.124. The van der Waals surface area contributed by atoms with Crippen molar-refractivity contribution in [3.63, 3.8) is 0 Å². The highest BCUT2D eigenvalue weighted by Gasteiger charge is 2.47. The third-order valence-electron chi connectivity index (χ3n) is 6.74. The SMILES string of the molecule is Cc1cc(C(=O)N(C)C)cc(C)c1/C=C/S(=O)(=O)N1CCC2(CC1)N=C(c1cccc(OF)c1)NC2=O. The summed E-state index contributed by atoms with van der Waals surface area (Å²) in [5.41, 5.74) is 2.29. The number of halogens is 1. The van der Waals surface area contributed by atoms with E-state index in [9.17, 15) is 22.5 Å². The van der Waals surface area contributed by atoms with Crippen molar-refractivity contribution in [2.75, 3.05) is 27.2 Å². The minimum Gasteiger partial charge on any atom is -0.345 e. The number of carbonyl (C=O) groups excluding carboxylic acids is 2. The highest BCUT2D eigenvalue weighted by Crippen LogP contribution is 2.33. The maximum Gasteiger partial charge on any atom is 0.253 e. The number of carbonyl (C=O) groups is 2. The third-order valence-corrected chi connectivity index (χ3v) is 8.30. The largest absolute Gasteiger partial charge is 0.345 e. The van der Waals surface area contributed by atoms with Crippen LogP contribution in [-0.4, -0.2) is 68.0 Å². The van der Waals surface area contributed by atoms with Crippen LogP contribution in [-0.2, 0) is 14.8 Å². The molecule has 0 unspecified atom stereocenters. The molecular formula is C26H29FN4O5S. The number of hydrogen-bond donors (Lipinski definition) is 1. The Morgan fingerprint density at radius 2 is 1.81 bits per heavy atom. The lowest BCUT2D eigenvalue weighted by Crippen LogP contribution is -2.50. The van der Waals surface area contributed by atoms with Crippen molar-refractivity contribution < 1.29 is 27.5 Å². The molecule has 37 heavy (non-hydrogen) atoms. The topological polar surface area (TPSA) is 108 Å². The van der Waals surface area contributed by atoms with Gasteiger partial charge in [-0.2, -0.15) is 4.31 Å². The smallest absolute Gasteiger partial charge is 0.253 e. The number of amidine groups is 1. The number of sulfonamides is 1. The van der Waals surface area contributed by atoms with E-state index in [0.717, 1.165) is 16.7 Å². The van der Waals surface area contributed by atoms with Gasteiger partial charge in [0.05, 0.1) is 0 Å². The van der Waals surface area contributed by atoms with Gasteiger partial charge >= 0.3 is 0 Å². The van der Waals surface area contributed by atoms with Crippen LogP contribution in [0.25, 0.3) is 6.08 Å². The van der Waals surface area contributed by atoms with E-state index in [2.05, 4.69) is 15.3 Å². The Morgan fingerprint density at radius 1 is 1.16 bits per heavy atom. The first-order valence-electron chi connectivity index (χ1n) is 11.8. The van der Waals surface area contributed by atoms with Gasteiger partial charge < -0.3 is 10.2 Å². The molecule has 11 heteroatoms. The Hall–Kier alpha value is -3.57. The Bertz CT molecular complexity index is 1390. The van der Waals surface area contributed by atoms with Crippen LogP contribution in [0.1, 0.15) is 45.5 Å². The molecule has 0 aliphatic carbocycles. The van der Waals surface area contributed by atoms with E-state index < -0.39 is 15.6 Å². The van der Waals surface area contributed by atoms with Crippen molar-refractivity contribution >= 4 is 33.7 Å². The first kappa shape index (κ1) is 26.5. The van der Waals surface area contributed by atoms with E-state index in [1.807, 2.05) is 13.8 Å². The molecule has 2 aromatic carbocycles. The average molecular weight is 529 g/mol. The van der Waals surface area contributed by atoms with E-state index in [-0.39, 0.29) is 43.5 Å². The van der Waals surface area contributed by atoms with Gasteiger partial charge in [-0.15, -0.1) is 0 Å². The lowest BCUT2D eigenvalue weighted by atomic mass is 9.89. The van der Waals surface area contributed by atoms with Crippen LogP contribution in [0.3, 0.4) is 0 Å². The standard InChI is InChI=1S/C26H29FN4O5S/c1-17-14-20(24(32)30(3)4)15-18(2)22(17)8-13-37(34,35)31-11-9-26(10-12-31)25(33)28-23(29-26)19-6-5-7-21(16-19)36-27/h5-8,13-16H,9-12H2,1-4H3,(H,28,29,33)/b13-8+. The first-order valence-corrected chi connectivity index (χ1v) is 13.3. The first-order chi connectivity index (χ1) is 17.5. The summed E-state index contributed by atoms with van der Waals surface area (Å²) in [4.78, 5) is 34.9. The van der Waals surface area contributed by atoms with Gasteiger partial charge in [-0.25, -0.2) is 8.42 Å². The van der Waals surface area contributed by atoms with E-state index >= 15 is 0 Å². The summed E-state index contributed by atoms with van der Waals surface area (Å²) in [6, 6.07) is 9.62. The number of nitrogens with zero attached hydrogens (tertiary/aromatic N) is 3. The molecule has 2 aliphatic heterocycles. The maximum atomic E-state index is 13.1. The molecule has 1 fully saturated rings. The third kappa shape index (κ3) is 5.28. The molecular weight excluding hydrogens is 499 g/mol. The molecule has 0 bridgehead atoms. The number of aryl methyl sites for hydroxylation is 2. The molecule has 0 radical (unpaired) electrons. The molecule has 2 heterocycles. The number of amides is 2. The van der Waals surface area contributed by atoms with Gasteiger partial charge in [0.1, 0.15) is 11.4 Å². The second kappa shape index (κ2) is 10.1. The summed E-state index contributed by atoms with van der Waals surface area (Å²) in [5, 5.41) is 3.90. The molecule has 0 atom stereocenters. The second-order valence-electron chi connectivity index (χ2n) is 9.52. The summed E-state index contributed by atoms with van der Waals surface area (Å²) in [6.45, 7) is 3.91. The zero-order valence-corrected chi connectivity index (χ0v) is 21.9. The summed E-state index contributed by atoms with van der Waals surface area (Å²) in [6.07, 6.45) is 1.98. The fourth-order valence-electron chi connectivity index (χ4n) is 4.65. The molecule has 1 saturated heterocycles. The van der Waals surface area contributed by atoms with E-state index in [1.165, 1.54) is 26.7 Å². The van der Waals surface area contributed by atoms with Crippen LogP contribution in [0.2, 0.25) is 0 Å². The monoisotopic (exact) mass is 528 g/mol. The quantitative estimate of drug-likeness (QED) is 0.620. The summed E-state index contributed by atoms with van der Waals surface area (Å²) >= 11 is 0. The summed E-state index contributed by atoms with van der Waals surface area (Å²) in [5.74, 6) is -0.128. The highest BCUT2D eigenvalue weighted by molar-refractivity contribution is 7.92. The minimum absolute atomic E-state index is 0.00693. The molecule has 1 N–H and O–H groups in total. The number of piperidine rings is 1. The Morgan fingerprint density at radius 3 is 2.41 bits per heavy atom. The van der Waals surface area contributed by atoms with Crippen molar-refractivity contribution in [2.45, 2.75) is 32.2 Å². The summed E-state index contributed by atoms with van der Waals surface area (Å²) in [7, 11) is -0.400. The van der Waals surface area contributed by atoms with Crippen LogP contribution < -0.4 is 10.3 Å². The van der Waals surface area contributed by atoms with Gasteiger partial charge in [0, 0.05) is 48.2 Å². The maximum absolute atomic E-state index is 13.1. The molecule has 196 valence electrons. The van der Waals surface area contributed by atoms with Crippen molar-refractivity contribution in [3.05, 3.63) is 69.6 Å². The van der Waals surface area contributed by atoms with Crippen molar-refractivity contribution in [3.8, 4) is 5.75 Å². The molecule has 2 amide bonds. The minimum atomic E-state index is -3.75. The second-order valence-corrected chi connectivity index (χ2v) is 11.3. The van der Waals surface area contributed by atoms with Crippen LogP contribution in [0.15, 0.2) is 46.8 Å². The van der Waals surface area contributed by atoms with Crippen LogP contribution in [0, 0.1) is 13.8 Å². The molecule has 0 aromatic heterocycles. The molecule has 4 rings (SSSR count). The van der Waals surface area contributed by atoms with E-state index in [1.54, 1.807) is 44.4 Å². The predicted octanol–water partition coefficient (Wildman–Crippen LogP) is 2.98. The number of aliphatic imine (C=N–C) groups is 1.